The third-order valence-electron chi connectivity index (χ3n) is 2.58. The van der Waals surface area contributed by atoms with Crippen molar-refractivity contribution >= 4 is 45.1 Å². The van der Waals surface area contributed by atoms with Crippen molar-refractivity contribution in [3.8, 4) is 10.7 Å². The minimum Gasteiger partial charge on any atom is -0.399 e. The Balaban J connectivity index is 1.78. The summed E-state index contributed by atoms with van der Waals surface area (Å²) >= 11 is 4.97. The normalized spacial score (nSPS) is 11.2. The predicted octanol–water partition coefficient (Wildman–Crippen LogP) is 4.31. The van der Waals surface area contributed by atoms with Gasteiger partial charge in [0.2, 0.25) is 5.82 Å². The van der Waals surface area contributed by atoms with Gasteiger partial charge in [0.15, 0.2) is 0 Å². The highest BCUT2D eigenvalue weighted by Crippen LogP contribution is 2.27. The molecule has 2 aromatic heterocycles. The summed E-state index contributed by atoms with van der Waals surface area (Å²) in [5, 5.41) is 5.94. The fourth-order valence-corrected chi connectivity index (χ4v) is 2.96. The summed E-state index contributed by atoms with van der Waals surface area (Å²) in [6.07, 6.45) is 3.69. The van der Waals surface area contributed by atoms with Crippen LogP contribution >= 0.6 is 27.3 Å². The molecule has 0 saturated heterocycles. The van der Waals surface area contributed by atoms with Crippen LogP contribution in [0.4, 0.5) is 5.69 Å². The molecule has 1 aromatic carbocycles. The van der Waals surface area contributed by atoms with E-state index in [2.05, 4.69) is 26.1 Å². The monoisotopic (exact) mass is 347 g/mol. The molecule has 0 unspecified atom stereocenters. The lowest BCUT2D eigenvalue weighted by atomic mass is 10.2. The molecule has 2 heterocycles. The Morgan fingerprint density at radius 3 is 2.70 bits per heavy atom. The van der Waals surface area contributed by atoms with Crippen LogP contribution in [0.1, 0.15) is 11.5 Å². The maximum atomic E-state index is 5.64. The van der Waals surface area contributed by atoms with Crippen LogP contribution in [0.15, 0.2) is 44.7 Å². The lowest BCUT2D eigenvalue weighted by molar-refractivity contribution is 0.411. The number of anilines is 1. The zero-order valence-corrected chi connectivity index (χ0v) is 12.7. The van der Waals surface area contributed by atoms with E-state index in [9.17, 15) is 0 Å². The van der Waals surface area contributed by atoms with Crippen molar-refractivity contribution in [2.45, 2.75) is 0 Å². The summed E-state index contributed by atoms with van der Waals surface area (Å²) in [4.78, 5) is 5.29. The van der Waals surface area contributed by atoms with Crippen molar-refractivity contribution in [3.05, 3.63) is 51.6 Å². The number of rotatable bonds is 3. The summed E-state index contributed by atoms with van der Waals surface area (Å²) in [7, 11) is 0. The third kappa shape index (κ3) is 2.97. The Morgan fingerprint density at radius 2 is 2.00 bits per heavy atom. The first-order valence-corrected chi connectivity index (χ1v) is 7.50. The van der Waals surface area contributed by atoms with Gasteiger partial charge in [-0.2, -0.15) is 4.98 Å². The molecule has 0 spiro atoms. The van der Waals surface area contributed by atoms with E-state index in [1.807, 2.05) is 41.8 Å². The van der Waals surface area contributed by atoms with Gasteiger partial charge in [0.1, 0.15) is 0 Å². The minimum atomic E-state index is 0.473. The fourth-order valence-electron chi connectivity index (χ4n) is 1.61. The average molecular weight is 348 g/mol. The van der Waals surface area contributed by atoms with E-state index in [-0.39, 0.29) is 0 Å². The van der Waals surface area contributed by atoms with Crippen LogP contribution < -0.4 is 5.73 Å². The zero-order chi connectivity index (χ0) is 13.9. The van der Waals surface area contributed by atoms with E-state index in [0.29, 0.717) is 11.7 Å². The number of hydrogen-bond donors (Lipinski definition) is 1. The SMILES string of the molecule is Nc1ccc(/C=C/c2nc(-c3cc(Br)cs3)no2)cc1. The Morgan fingerprint density at radius 1 is 1.20 bits per heavy atom. The maximum Gasteiger partial charge on any atom is 0.250 e. The average Bonchev–Trinajstić information content (AvgIpc) is 3.07. The molecule has 0 atom stereocenters. The number of nitrogens with two attached hydrogens (primary N) is 1. The van der Waals surface area contributed by atoms with Gasteiger partial charge in [0.25, 0.3) is 5.89 Å². The van der Waals surface area contributed by atoms with Crippen LogP contribution in [-0.2, 0) is 0 Å². The van der Waals surface area contributed by atoms with Crippen LogP contribution in [0.2, 0.25) is 0 Å². The first kappa shape index (κ1) is 13.1. The number of hydrogen-bond acceptors (Lipinski definition) is 5. The van der Waals surface area contributed by atoms with Crippen molar-refractivity contribution in [1.29, 1.82) is 0 Å². The van der Waals surface area contributed by atoms with E-state index < -0.39 is 0 Å². The van der Waals surface area contributed by atoms with Gasteiger partial charge in [0.05, 0.1) is 4.88 Å². The highest BCUT2D eigenvalue weighted by atomic mass is 79.9. The Bertz CT molecular complexity index is 746. The Kier molecular flexibility index (Phi) is 3.66. The van der Waals surface area contributed by atoms with Gasteiger partial charge in [-0.3, -0.25) is 0 Å². The lowest BCUT2D eigenvalue weighted by Gasteiger charge is -1.93. The third-order valence-corrected chi connectivity index (χ3v) is 4.27. The molecule has 100 valence electrons. The number of nitrogen functional groups attached to an aromatic ring is 1. The summed E-state index contributed by atoms with van der Waals surface area (Å²) in [6, 6.07) is 9.52. The smallest absolute Gasteiger partial charge is 0.250 e. The van der Waals surface area contributed by atoms with E-state index in [0.717, 1.165) is 20.6 Å². The fraction of sp³-hybridized carbons (Fsp3) is 0. The topological polar surface area (TPSA) is 64.9 Å². The van der Waals surface area contributed by atoms with Crippen LogP contribution in [0.3, 0.4) is 0 Å². The number of benzene rings is 1. The van der Waals surface area contributed by atoms with Crippen molar-refractivity contribution in [1.82, 2.24) is 10.1 Å². The first-order chi connectivity index (χ1) is 9.70. The summed E-state index contributed by atoms with van der Waals surface area (Å²) in [5.74, 6) is 1.07. The summed E-state index contributed by atoms with van der Waals surface area (Å²) in [5.41, 5.74) is 7.40. The molecule has 0 aliphatic heterocycles. The molecule has 0 saturated carbocycles. The second-order valence-corrected chi connectivity index (χ2v) is 5.91. The largest absolute Gasteiger partial charge is 0.399 e. The van der Waals surface area contributed by atoms with Gasteiger partial charge in [-0.15, -0.1) is 11.3 Å². The molecule has 0 bridgehead atoms. The number of nitrogens with zero attached hydrogens (tertiary/aromatic N) is 2. The highest BCUT2D eigenvalue weighted by Gasteiger charge is 2.08. The molecular formula is C14H10BrN3OS. The second kappa shape index (κ2) is 5.60. The number of aromatic nitrogens is 2. The first-order valence-electron chi connectivity index (χ1n) is 5.82. The van der Waals surface area contributed by atoms with Crippen molar-refractivity contribution < 1.29 is 4.52 Å². The minimum absolute atomic E-state index is 0.473. The lowest BCUT2D eigenvalue weighted by Crippen LogP contribution is -1.82. The van der Waals surface area contributed by atoms with Gasteiger partial charge < -0.3 is 10.3 Å². The second-order valence-electron chi connectivity index (χ2n) is 4.09. The van der Waals surface area contributed by atoms with E-state index >= 15 is 0 Å². The Labute approximate surface area is 128 Å². The van der Waals surface area contributed by atoms with Crippen LogP contribution in [-0.4, -0.2) is 10.1 Å². The quantitative estimate of drug-likeness (QED) is 0.716. The van der Waals surface area contributed by atoms with E-state index in [1.54, 1.807) is 17.4 Å². The van der Waals surface area contributed by atoms with Crippen LogP contribution in [0.5, 0.6) is 0 Å². The van der Waals surface area contributed by atoms with Crippen molar-refractivity contribution in [2.75, 3.05) is 5.73 Å². The van der Waals surface area contributed by atoms with Crippen LogP contribution in [0.25, 0.3) is 22.9 Å². The molecular weight excluding hydrogens is 338 g/mol. The molecule has 0 aliphatic carbocycles. The molecule has 20 heavy (non-hydrogen) atoms. The van der Waals surface area contributed by atoms with Gasteiger partial charge in [0, 0.05) is 21.6 Å². The van der Waals surface area contributed by atoms with Crippen molar-refractivity contribution in [2.24, 2.45) is 0 Å². The maximum absolute atomic E-state index is 5.64. The van der Waals surface area contributed by atoms with Crippen molar-refractivity contribution in [3.63, 3.8) is 0 Å². The van der Waals surface area contributed by atoms with Gasteiger partial charge in [-0.05, 0) is 45.8 Å². The molecule has 0 amide bonds. The predicted molar refractivity (Wildman–Crippen MR) is 85.1 cm³/mol. The standard InChI is InChI=1S/C14H10BrN3OS/c15-10-7-12(20-8-10)14-17-13(19-18-14)6-3-9-1-4-11(16)5-2-9/h1-8H,16H2/b6-3+. The molecule has 4 nitrogen and oxygen atoms in total. The molecule has 0 fully saturated rings. The molecule has 0 aliphatic rings. The summed E-state index contributed by atoms with van der Waals surface area (Å²) < 4.78 is 6.21. The zero-order valence-electron chi connectivity index (χ0n) is 10.3. The highest BCUT2D eigenvalue weighted by molar-refractivity contribution is 9.10. The van der Waals surface area contributed by atoms with Gasteiger partial charge in [-0.25, -0.2) is 0 Å². The van der Waals surface area contributed by atoms with E-state index in [1.165, 1.54) is 0 Å². The molecule has 6 heteroatoms. The van der Waals surface area contributed by atoms with Crippen LogP contribution in [0, 0.1) is 0 Å². The molecule has 3 aromatic rings. The van der Waals surface area contributed by atoms with Gasteiger partial charge >= 0.3 is 0 Å². The van der Waals surface area contributed by atoms with E-state index in [4.69, 9.17) is 10.3 Å². The number of halogens is 1. The number of thiophene rings is 1. The molecule has 2 N–H and O–H groups in total. The molecule has 0 radical (unpaired) electrons. The van der Waals surface area contributed by atoms with Gasteiger partial charge in [-0.1, -0.05) is 17.3 Å². The summed E-state index contributed by atoms with van der Waals surface area (Å²) in [6.45, 7) is 0. The Hall–Kier alpha value is -1.92. The molecule has 3 rings (SSSR count).